The van der Waals surface area contributed by atoms with Crippen LogP contribution in [0.5, 0.6) is 0 Å². The third-order valence-corrected chi connectivity index (χ3v) is 5.60. The van der Waals surface area contributed by atoms with Crippen molar-refractivity contribution in [2.75, 3.05) is 13.8 Å². The highest BCUT2D eigenvalue weighted by Gasteiger charge is 2.53. The van der Waals surface area contributed by atoms with Crippen molar-refractivity contribution in [3.05, 3.63) is 46.9 Å². The molecular formula is C18H22ClFN4O5. The summed E-state index contributed by atoms with van der Waals surface area (Å²) in [7, 11) is 1.40. The number of aliphatic hydroxyl groups excluding tert-OH is 3. The number of fused-ring (bicyclic) bond motifs is 1. The molecule has 11 heteroatoms. The van der Waals surface area contributed by atoms with Crippen molar-refractivity contribution >= 4 is 17.4 Å². The number of hydroxylamine groups is 1. The first-order valence-electron chi connectivity index (χ1n) is 9.09. The number of nitrogens with zero attached hydrogens (tertiary/aromatic N) is 2. The molecule has 158 valence electrons. The van der Waals surface area contributed by atoms with Gasteiger partial charge in [0.15, 0.2) is 6.23 Å². The van der Waals surface area contributed by atoms with E-state index in [1.807, 2.05) is 0 Å². The van der Waals surface area contributed by atoms with Crippen molar-refractivity contribution < 1.29 is 29.3 Å². The van der Waals surface area contributed by atoms with Gasteiger partial charge in [-0.2, -0.15) is 0 Å². The number of hydrogen-bond acceptors (Lipinski definition) is 9. The molecule has 3 aliphatic rings. The Morgan fingerprint density at radius 3 is 2.76 bits per heavy atom. The molecule has 1 saturated heterocycles. The van der Waals surface area contributed by atoms with Crippen LogP contribution in [0.15, 0.2) is 41.3 Å². The summed E-state index contributed by atoms with van der Waals surface area (Å²) in [5.74, 6) is -0.979. The summed E-state index contributed by atoms with van der Waals surface area (Å²) < 4.78 is 20.5. The number of amidine groups is 1. The molecule has 7 atom stereocenters. The van der Waals surface area contributed by atoms with Crippen molar-refractivity contribution in [3.63, 3.8) is 0 Å². The summed E-state index contributed by atoms with van der Waals surface area (Å²) in [5.41, 5.74) is 3.04. The van der Waals surface area contributed by atoms with E-state index in [0.717, 1.165) is 0 Å². The van der Waals surface area contributed by atoms with Crippen molar-refractivity contribution in [1.29, 1.82) is 0 Å². The quantitative estimate of drug-likeness (QED) is 0.425. The van der Waals surface area contributed by atoms with Crippen LogP contribution in [0, 0.1) is 5.92 Å². The van der Waals surface area contributed by atoms with Gasteiger partial charge in [-0.25, -0.2) is 4.39 Å². The van der Waals surface area contributed by atoms with E-state index in [1.165, 1.54) is 18.2 Å². The molecule has 0 spiro atoms. The Bertz CT molecular complexity index is 810. The molecule has 3 heterocycles. The second-order valence-electron chi connectivity index (χ2n) is 7.06. The van der Waals surface area contributed by atoms with E-state index in [4.69, 9.17) is 21.2 Å². The number of aliphatic hydroxyl groups is 3. The predicted octanol–water partition coefficient (Wildman–Crippen LogP) is -0.000900. The first-order chi connectivity index (χ1) is 13.9. The van der Waals surface area contributed by atoms with E-state index >= 15 is 0 Å². The smallest absolute Gasteiger partial charge is 0.160 e. The fourth-order valence-electron chi connectivity index (χ4n) is 3.93. The van der Waals surface area contributed by atoms with E-state index in [2.05, 4.69) is 15.8 Å². The molecule has 0 bridgehead atoms. The minimum atomic E-state index is -1.38. The van der Waals surface area contributed by atoms with E-state index in [0.29, 0.717) is 16.4 Å². The molecule has 0 saturated carbocycles. The van der Waals surface area contributed by atoms with Crippen molar-refractivity contribution in [1.82, 2.24) is 15.7 Å². The van der Waals surface area contributed by atoms with E-state index in [-0.39, 0.29) is 6.67 Å². The molecule has 1 fully saturated rings. The van der Waals surface area contributed by atoms with Crippen molar-refractivity contribution in [3.8, 4) is 0 Å². The molecule has 0 aliphatic carbocycles. The average Bonchev–Trinajstić information content (AvgIpc) is 3.20. The van der Waals surface area contributed by atoms with Crippen LogP contribution in [-0.2, 0) is 9.57 Å². The monoisotopic (exact) mass is 428 g/mol. The lowest BCUT2D eigenvalue weighted by Gasteiger charge is -2.37. The Morgan fingerprint density at radius 2 is 2.07 bits per heavy atom. The van der Waals surface area contributed by atoms with Crippen molar-refractivity contribution in [2.24, 2.45) is 10.9 Å². The molecule has 9 nitrogen and oxygen atoms in total. The van der Waals surface area contributed by atoms with E-state index in [1.54, 1.807) is 24.3 Å². The first-order valence-corrected chi connectivity index (χ1v) is 9.46. The maximum absolute atomic E-state index is 14.7. The summed E-state index contributed by atoms with van der Waals surface area (Å²) in [6, 6.07) is 6.43. The Morgan fingerprint density at radius 1 is 1.34 bits per heavy atom. The molecule has 0 radical (unpaired) electrons. The summed E-state index contributed by atoms with van der Waals surface area (Å²) in [5, 5.41) is 35.3. The number of ether oxygens (including phenoxy) is 1. The SMILES string of the molecule is CONC1=NCNC2C1C(F)=CN2[C@@H]1OC([C@H](O)c2ccc(Cl)cc2)[C@@H](O)[C@H]1O. The summed E-state index contributed by atoms with van der Waals surface area (Å²) >= 11 is 5.87. The number of halogens is 2. The van der Waals surface area contributed by atoms with Crippen LogP contribution in [0.3, 0.4) is 0 Å². The molecule has 1 aromatic rings. The van der Waals surface area contributed by atoms with Gasteiger partial charge in [0.05, 0.1) is 19.9 Å². The largest absolute Gasteiger partial charge is 0.387 e. The minimum Gasteiger partial charge on any atom is -0.387 e. The highest BCUT2D eigenvalue weighted by atomic mass is 35.5. The van der Waals surface area contributed by atoms with Crippen molar-refractivity contribution in [2.45, 2.75) is 36.8 Å². The molecule has 1 aromatic carbocycles. The van der Waals surface area contributed by atoms with Gasteiger partial charge in [-0.15, -0.1) is 0 Å². The van der Waals surface area contributed by atoms with Crippen LogP contribution in [0.4, 0.5) is 4.39 Å². The lowest BCUT2D eigenvalue weighted by Crippen LogP contribution is -2.57. The van der Waals surface area contributed by atoms with Gasteiger partial charge in [0.1, 0.15) is 42.0 Å². The number of hydrogen-bond donors (Lipinski definition) is 5. The fourth-order valence-corrected chi connectivity index (χ4v) is 4.05. The molecule has 3 unspecified atom stereocenters. The Kier molecular flexibility index (Phi) is 5.76. The van der Waals surface area contributed by atoms with Gasteiger partial charge in [-0.3, -0.25) is 20.6 Å². The standard InChI is InChI=1S/C18H22ClFN4O5/c1-28-23-16-11-10(20)6-24(17(11)22-7-21-16)18-14(27)13(26)15(29-18)12(25)8-2-4-9(19)5-3-8/h2-6,11-15,17-18,22,25-27H,7H2,1H3,(H,21,23)/t11?,12-,13+,14-,15?,17?,18-/m1/s1. The molecule has 4 rings (SSSR count). The number of benzene rings is 1. The van der Waals surface area contributed by atoms with Crippen LogP contribution < -0.4 is 10.8 Å². The highest BCUT2D eigenvalue weighted by molar-refractivity contribution is 6.30. The number of aliphatic imine (C=N–C) groups is 1. The zero-order valence-electron chi connectivity index (χ0n) is 15.4. The fraction of sp³-hybridized carbons (Fsp3) is 0.500. The minimum absolute atomic E-state index is 0.201. The molecule has 0 amide bonds. The zero-order valence-corrected chi connectivity index (χ0v) is 16.2. The van der Waals surface area contributed by atoms with E-state index in [9.17, 15) is 19.7 Å². The second-order valence-corrected chi connectivity index (χ2v) is 7.50. The maximum Gasteiger partial charge on any atom is 0.160 e. The lowest BCUT2D eigenvalue weighted by molar-refractivity contribution is -0.114. The van der Waals surface area contributed by atoms with Gasteiger partial charge in [0.2, 0.25) is 0 Å². The van der Waals surface area contributed by atoms with Gasteiger partial charge in [0.25, 0.3) is 0 Å². The molecule has 0 aromatic heterocycles. The first kappa shape index (κ1) is 20.5. The van der Waals surface area contributed by atoms with Crippen LogP contribution in [-0.4, -0.2) is 70.5 Å². The topological polar surface area (TPSA) is 119 Å². The van der Waals surface area contributed by atoms with Gasteiger partial charge in [0, 0.05) is 11.2 Å². The summed E-state index contributed by atoms with van der Waals surface area (Å²) in [6.07, 6.45) is -5.55. The zero-order chi connectivity index (χ0) is 20.7. The molecule has 3 aliphatic heterocycles. The predicted molar refractivity (Wildman–Crippen MR) is 101 cm³/mol. The second kappa shape index (κ2) is 8.15. The third-order valence-electron chi connectivity index (χ3n) is 5.35. The summed E-state index contributed by atoms with van der Waals surface area (Å²) in [6.45, 7) is 0.201. The number of rotatable bonds is 4. The molecule has 5 N–H and O–H groups in total. The number of nitrogens with one attached hydrogen (secondary N) is 2. The van der Waals surface area contributed by atoms with Crippen LogP contribution in [0.25, 0.3) is 0 Å². The molecule has 29 heavy (non-hydrogen) atoms. The van der Waals surface area contributed by atoms with Gasteiger partial charge in [-0.05, 0) is 17.7 Å². The van der Waals surface area contributed by atoms with E-state index < -0.39 is 48.6 Å². The molecular weight excluding hydrogens is 407 g/mol. The van der Waals surface area contributed by atoms with Gasteiger partial charge >= 0.3 is 0 Å². The normalized spacial score (nSPS) is 35.2. The Balaban J connectivity index is 1.54. The summed E-state index contributed by atoms with van der Waals surface area (Å²) in [4.78, 5) is 10.5. The Hall–Kier alpha value is -1.79. The average molecular weight is 429 g/mol. The lowest BCUT2D eigenvalue weighted by atomic mass is 9.99. The van der Waals surface area contributed by atoms with Gasteiger partial charge < -0.3 is 25.0 Å². The van der Waals surface area contributed by atoms with Crippen LogP contribution in [0.2, 0.25) is 5.02 Å². The van der Waals surface area contributed by atoms with Gasteiger partial charge in [-0.1, -0.05) is 23.7 Å². The van der Waals surface area contributed by atoms with Crippen LogP contribution >= 0.6 is 11.6 Å². The van der Waals surface area contributed by atoms with Crippen LogP contribution in [0.1, 0.15) is 11.7 Å². The highest BCUT2D eigenvalue weighted by Crippen LogP contribution is 2.38. The third kappa shape index (κ3) is 3.61. The Labute approximate surface area is 171 Å². The maximum atomic E-state index is 14.7.